The molecule has 1 amide bonds. The van der Waals surface area contributed by atoms with E-state index in [1.807, 2.05) is 0 Å². The molecule has 0 saturated carbocycles. The number of carbonyl (C=O) groups excluding carboxylic acids is 1. The molecule has 2 heterocycles. The number of rotatable bonds is 13. The lowest BCUT2D eigenvalue weighted by molar-refractivity contribution is -0.111. The third-order valence-electron chi connectivity index (χ3n) is 6.65. The molecule has 4 rings (SSSR count). The molecule has 0 unspecified atom stereocenters. The Labute approximate surface area is 255 Å². The number of halogens is 2. The zero-order valence-electron chi connectivity index (χ0n) is 23.9. The van der Waals surface area contributed by atoms with Crippen molar-refractivity contribution in [2.24, 2.45) is 0 Å². The third-order valence-corrected chi connectivity index (χ3v) is 7.26. The van der Waals surface area contributed by atoms with E-state index in [2.05, 4.69) is 49.3 Å². The van der Waals surface area contributed by atoms with Gasteiger partial charge in [-0.1, -0.05) is 29.8 Å². The van der Waals surface area contributed by atoms with Crippen molar-refractivity contribution in [2.45, 2.75) is 6.42 Å². The minimum Gasteiger partial charge on any atom is -0.495 e. The monoisotopic (exact) mass is 615 g/mol. The zero-order valence-corrected chi connectivity index (χ0v) is 25.4. The Morgan fingerprint density at radius 2 is 1.60 bits per heavy atom. The summed E-state index contributed by atoms with van der Waals surface area (Å²) in [5, 5.41) is 10.00. The van der Waals surface area contributed by atoms with Gasteiger partial charge in [0.2, 0.25) is 5.91 Å². The van der Waals surface area contributed by atoms with Gasteiger partial charge in [0, 0.05) is 50.9 Å². The number of likely N-dealkylation sites (N-methyl/N-ethyl adjacent to an activating group) is 1. The number of hydrogen-bond acceptors (Lipinski definition) is 10. The average molecular weight is 617 g/mol. The molecule has 0 atom stereocenters. The minimum absolute atomic E-state index is 0.364. The Bertz CT molecular complexity index is 1400. The first-order chi connectivity index (χ1) is 20.3. The number of benzene rings is 2. The molecular weight excluding hydrogens is 581 g/mol. The molecule has 0 spiro atoms. The summed E-state index contributed by atoms with van der Waals surface area (Å²) in [4.78, 5) is 25.6. The Hall–Kier alpha value is -3.77. The van der Waals surface area contributed by atoms with Crippen molar-refractivity contribution < 1.29 is 19.0 Å². The van der Waals surface area contributed by atoms with Crippen molar-refractivity contribution in [3.05, 3.63) is 59.4 Å². The maximum Gasteiger partial charge on any atom is 0.247 e. The quantitative estimate of drug-likeness (QED) is 0.170. The summed E-state index contributed by atoms with van der Waals surface area (Å²) in [6.45, 7) is 9.21. The SMILES string of the molecule is C=CC(=O)Nc1cc(Nc2cc(Nc3cc(OC)c(Cl)cc3Cl)ncn2)c(OC)cc1OCCCN1CCN(C)CC1. The summed E-state index contributed by atoms with van der Waals surface area (Å²) in [6, 6.07) is 8.43. The lowest BCUT2D eigenvalue weighted by Gasteiger charge is -2.32. The predicted octanol–water partition coefficient (Wildman–Crippen LogP) is 5.43. The predicted molar refractivity (Wildman–Crippen MR) is 167 cm³/mol. The van der Waals surface area contributed by atoms with Crippen LogP contribution in [0.4, 0.5) is 28.7 Å². The molecule has 224 valence electrons. The largest absolute Gasteiger partial charge is 0.495 e. The van der Waals surface area contributed by atoms with E-state index in [1.165, 1.54) is 19.5 Å². The highest BCUT2D eigenvalue weighted by Gasteiger charge is 2.17. The number of nitrogens with zero attached hydrogens (tertiary/aromatic N) is 4. The van der Waals surface area contributed by atoms with Crippen LogP contribution in [-0.2, 0) is 4.79 Å². The maximum absolute atomic E-state index is 12.2. The molecule has 3 aromatic rings. The second kappa shape index (κ2) is 14.9. The van der Waals surface area contributed by atoms with E-state index in [4.69, 9.17) is 37.4 Å². The molecule has 0 radical (unpaired) electrons. The highest BCUT2D eigenvalue weighted by molar-refractivity contribution is 6.37. The van der Waals surface area contributed by atoms with Crippen molar-refractivity contribution >= 4 is 57.8 Å². The summed E-state index contributed by atoms with van der Waals surface area (Å²) in [7, 11) is 5.22. The first kappa shape index (κ1) is 31.2. The number of carbonyl (C=O) groups is 1. The van der Waals surface area contributed by atoms with E-state index in [0.717, 1.165) is 39.1 Å². The van der Waals surface area contributed by atoms with Crippen LogP contribution in [0.3, 0.4) is 0 Å². The van der Waals surface area contributed by atoms with Gasteiger partial charge in [-0.05, 0) is 31.7 Å². The van der Waals surface area contributed by atoms with Gasteiger partial charge in [-0.3, -0.25) is 4.79 Å². The average Bonchev–Trinajstić information content (AvgIpc) is 2.98. The van der Waals surface area contributed by atoms with Gasteiger partial charge in [0.05, 0.1) is 47.9 Å². The van der Waals surface area contributed by atoms with Crippen molar-refractivity contribution in [1.29, 1.82) is 0 Å². The smallest absolute Gasteiger partial charge is 0.247 e. The van der Waals surface area contributed by atoms with Crippen LogP contribution in [0.5, 0.6) is 17.2 Å². The number of nitrogens with one attached hydrogen (secondary N) is 3. The van der Waals surface area contributed by atoms with Gasteiger partial charge < -0.3 is 40.0 Å². The molecule has 1 saturated heterocycles. The van der Waals surface area contributed by atoms with Crippen LogP contribution in [0.2, 0.25) is 10.0 Å². The first-order valence-corrected chi connectivity index (χ1v) is 14.1. The van der Waals surface area contributed by atoms with Crippen molar-refractivity contribution in [3.63, 3.8) is 0 Å². The van der Waals surface area contributed by atoms with Crippen molar-refractivity contribution in [3.8, 4) is 17.2 Å². The van der Waals surface area contributed by atoms with Crippen molar-refractivity contribution in [2.75, 3.05) is 76.5 Å². The highest BCUT2D eigenvalue weighted by Crippen LogP contribution is 2.39. The molecule has 1 aliphatic heterocycles. The number of aromatic nitrogens is 2. The molecule has 0 aliphatic carbocycles. The normalized spacial score (nSPS) is 13.7. The fourth-order valence-corrected chi connectivity index (χ4v) is 4.83. The molecule has 1 aromatic heterocycles. The van der Waals surface area contributed by atoms with E-state index >= 15 is 0 Å². The van der Waals surface area contributed by atoms with Gasteiger partial charge in [-0.2, -0.15) is 0 Å². The second-order valence-electron chi connectivity index (χ2n) is 9.59. The fourth-order valence-electron chi connectivity index (χ4n) is 4.32. The Morgan fingerprint density at radius 1 is 0.905 bits per heavy atom. The topological polar surface area (TPSA) is 113 Å². The van der Waals surface area contributed by atoms with E-state index in [1.54, 1.807) is 37.4 Å². The second-order valence-corrected chi connectivity index (χ2v) is 10.4. The maximum atomic E-state index is 12.2. The lowest BCUT2D eigenvalue weighted by atomic mass is 10.2. The number of ether oxygens (including phenoxy) is 3. The summed E-state index contributed by atoms with van der Waals surface area (Å²) in [5.74, 6) is 2.03. The number of piperazine rings is 1. The van der Waals surface area contributed by atoms with Crippen molar-refractivity contribution in [1.82, 2.24) is 19.8 Å². The van der Waals surface area contributed by atoms with Gasteiger partial charge in [0.25, 0.3) is 0 Å². The highest BCUT2D eigenvalue weighted by atomic mass is 35.5. The van der Waals surface area contributed by atoms with E-state index in [0.29, 0.717) is 62.6 Å². The number of amides is 1. The summed E-state index contributed by atoms with van der Waals surface area (Å²) in [5.41, 5.74) is 1.58. The molecule has 11 nitrogen and oxygen atoms in total. The van der Waals surface area contributed by atoms with Crippen LogP contribution in [-0.4, -0.2) is 86.3 Å². The lowest BCUT2D eigenvalue weighted by Crippen LogP contribution is -2.44. The van der Waals surface area contributed by atoms with Crippen LogP contribution in [0.1, 0.15) is 6.42 Å². The standard InChI is InChI=1S/C29H35Cl2N7O4/c1-5-29(39)36-23-14-22(25(41-4)16-26(23)42-12-6-7-38-10-8-37(2)9-11-38)35-28-17-27(32-18-33-28)34-21-15-24(40-3)20(31)13-19(21)30/h5,13-18H,1,6-12H2,2-4H3,(H,36,39)(H2,32,33,34,35). The van der Waals surface area contributed by atoms with Gasteiger partial charge >= 0.3 is 0 Å². The Kier molecular flexibility index (Phi) is 11.1. The Morgan fingerprint density at radius 3 is 2.26 bits per heavy atom. The van der Waals surface area contributed by atoms with E-state index in [9.17, 15) is 4.79 Å². The number of hydrogen-bond donors (Lipinski definition) is 3. The molecule has 1 aliphatic rings. The third kappa shape index (κ3) is 8.39. The number of methoxy groups -OCH3 is 2. The van der Waals surface area contributed by atoms with Crippen LogP contribution >= 0.6 is 23.2 Å². The van der Waals surface area contributed by atoms with Gasteiger partial charge in [0.15, 0.2) is 0 Å². The van der Waals surface area contributed by atoms with Gasteiger partial charge in [0.1, 0.15) is 35.2 Å². The molecular formula is C29H35Cl2N7O4. The zero-order chi connectivity index (χ0) is 30.1. The van der Waals surface area contributed by atoms with Gasteiger partial charge in [-0.15, -0.1) is 0 Å². The minimum atomic E-state index is -0.364. The fraction of sp³-hybridized carbons (Fsp3) is 0.345. The van der Waals surface area contributed by atoms with Crippen LogP contribution in [0.15, 0.2) is 49.3 Å². The molecule has 1 fully saturated rings. The van der Waals surface area contributed by atoms with Crippen LogP contribution < -0.4 is 30.2 Å². The summed E-state index contributed by atoms with van der Waals surface area (Å²) < 4.78 is 17.0. The first-order valence-electron chi connectivity index (χ1n) is 13.4. The molecule has 42 heavy (non-hydrogen) atoms. The Balaban J connectivity index is 1.50. The molecule has 13 heteroatoms. The molecule has 2 aromatic carbocycles. The van der Waals surface area contributed by atoms with E-state index < -0.39 is 0 Å². The van der Waals surface area contributed by atoms with Gasteiger partial charge in [-0.25, -0.2) is 9.97 Å². The molecule has 0 bridgehead atoms. The van der Waals surface area contributed by atoms with Crippen LogP contribution in [0.25, 0.3) is 0 Å². The number of anilines is 5. The summed E-state index contributed by atoms with van der Waals surface area (Å²) in [6.07, 6.45) is 3.45. The molecule has 3 N–H and O–H groups in total. The van der Waals surface area contributed by atoms with Crippen LogP contribution in [0, 0.1) is 0 Å². The van der Waals surface area contributed by atoms with E-state index in [-0.39, 0.29) is 5.91 Å². The summed E-state index contributed by atoms with van der Waals surface area (Å²) >= 11 is 12.5.